The Labute approximate surface area is 399 Å². The number of non-ortho nitro benzene ring substituents is 1. The molecule has 376 valence electrons. The van der Waals surface area contributed by atoms with Crippen molar-refractivity contribution in [3.63, 3.8) is 0 Å². The molecular weight excluding hydrogens is 909 g/mol. The van der Waals surface area contributed by atoms with Crippen molar-refractivity contribution in [1.29, 1.82) is 0 Å². The molecule has 4 rings (SSSR count). The molecule has 5 N–H and O–H groups in total. The second-order valence-corrected chi connectivity index (χ2v) is 18.3. The highest BCUT2D eigenvalue weighted by Gasteiger charge is 2.42. The van der Waals surface area contributed by atoms with E-state index in [2.05, 4.69) is 26.6 Å². The summed E-state index contributed by atoms with van der Waals surface area (Å²) in [6, 6.07) is 2.41. The minimum absolute atomic E-state index is 0.00125. The molecule has 0 aliphatic carbocycles. The zero-order valence-corrected chi connectivity index (χ0v) is 39.8. The summed E-state index contributed by atoms with van der Waals surface area (Å²) in [6.07, 6.45) is 6.90. The van der Waals surface area contributed by atoms with Crippen molar-refractivity contribution in [2.24, 2.45) is 0 Å². The first-order chi connectivity index (χ1) is 32.6. The number of nitrogens with zero attached hydrogens (tertiary/aromatic N) is 5. The van der Waals surface area contributed by atoms with E-state index in [1.807, 2.05) is 18.7 Å². The van der Waals surface area contributed by atoms with Crippen LogP contribution in [0.15, 0.2) is 18.2 Å². The number of rotatable bonds is 32. The highest BCUT2D eigenvalue weighted by Crippen LogP contribution is 2.34. The number of imide groups is 1. The number of thioether (sulfide) groups is 1. The van der Waals surface area contributed by atoms with Crippen LogP contribution < -0.4 is 31.5 Å². The van der Waals surface area contributed by atoms with Gasteiger partial charge >= 0.3 is 12.0 Å². The van der Waals surface area contributed by atoms with E-state index >= 15 is 0 Å². The van der Waals surface area contributed by atoms with Crippen molar-refractivity contribution < 1.29 is 53.0 Å². The molecule has 8 amide bonds. The predicted molar refractivity (Wildman–Crippen MR) is 250 cm³/mol. The van der Waals surface area contributed by atoms with E-state index in [9.17, 15) is 58.6 Å². The van der Waals surface area contributed by atoms with E-state index in [0.717, 1.165) is 43.9 Å². The number of anilines is 1. The van der Waals surface area contributed by atoms with E-state index in [-0.39, 0.29) is 86.7 Å². The van der Waals surface area contributed by atoms with Crippen molar-refractivity contribution in [2.75, 3.05) is 49.9 Å². The van der Waals surface area contributed by atoms with Gasteiger partial charge < -0.3 is 41.2 Å². The Kier molecular flexibility index (Phi) is 22.7. The molecule has 0 saturated carbocycles. The van der Waals surface area contributed by atoms with Crippen LogP contribution in [0.2, 0.25) is 0 Å². The molecule has 1 aromatic rings. The predicted octanol–water partition coefficient (Wildman–Crippen LogP) is 3.52. The van der Waals surface area contributed by atoms with Gasteiger partial charge in [0.2, 0.25) is 23.6 Å². The Hall–Kier alpha value is -6.07. The number of fused-ring (bicyclic) bond motifs is 1. The number of hydroxylamine groups is 2. The summed E-state index contributed by atoms with van der Waals surface area (Å²) in [5.74, 6) is -2.45. The molecule has 0 radical (unpaired) electrons. The first-order valence-electron chi connectivity index (χ1n) is 23.7. The van der Waals surface area contributed by atoms with Crippen LogP contribution >= 0.6 is 11.8 Å². The average Bonchev–Trinajstić information content (AvgIpc) is 3.97. The molecule has 4 atom stereocenters. The van der Waals surface area contributed by atoms with Gasteiger partial charge in [-0.1, -0.05) is 19.8 Å². The van der Waals surface area contributed by atoms with Crippen LogP contribution in [0.3, 0.4) is 0 Å². The maximum Gasteiger partial charge on any atom is 0.355 e. The number of carbonyl (C=O) groups excluding carboxylic acids is 8. The number of unbranched alkanes of at least 4 members (excludes halogenated alkanes) is 4. The molecule has 24 heteroatoms. The number of nitro benzene ring substituents is 2. The van der Waals surface area contributed by atoms with Gasteiger partial charge in [0.1, 0.15) is 11.7 Å². The van der Waals surface area contributed by atoms with Gasteiger partial charge in [0.05, 0.1) is 28.0 Å². The van der Waals surface area contributed by atoms with E-state index in [1.165, 1.54) is 17.0 Å². The summed E-state index contributed by atoms with van der Waals surface area (Å²) < 4.78 is 0. The number of nitro groups is 2. The lowest BCUT2D eigenvalue weighted by atomic mass is 10.0. The fourth-order valence-electron chi connectivity index (χ4n) is 8.23. The zero-order valence-electron chi connectivity index (χ0n) is 39.0. The lowest BCUT2D eigenvalue weighted by molar-refractivity contribution is -0.393. The number of benzene rings is 1. The van der Waals surface area contributed by atoms with Gasteiger partial charge in [0.25, 0.3) is 23.2 Å². The van der Waals surface area contributed by atoms with Crippen LogP contribution in [0.1, 0.15) is 123 Å². The highest BCUT2D eigenvalue weighted by molar-refractivity contribution is 8.00. The molecule has 3 aliphatic heterocycles. The monoisotopic (exact) mass is 974 g/mol. The maximum atomic E-state index is 13.3. The quantitative estimate of drug-likeness (QED) is 0.0227. The van der Waals surface area contributed by atoms with Crippen molar-refractivity contribution in [1.82, 2.24) is 36.5 Å². The van der Waals surface area contributed by atoms with Crippen LogP contribution in [0.4, 0.5) is 21.9 Å². The fourth-order valence-corrected chi connectivity index (χ4v) is 9.77. The minimum Gasteiger partial charge on any atom is -0.366 e. The Morgan fingerprint density at radius 3 is 2.13 bits per heavy atom. The molecule has 0 spiro atoms. The molecule has 3 aliphatic rings. The standard InChI is InChI=1S/C44H66N10O13S/c1-3-25-51(39(58)17-12-26-50(4-2)33-19-18-30(53(63)64)28-34(33)54(65)66)27-22-38(57)47-31(43(61)67-52-40(59)20-21-41(52)60)13-9-11-24-46-36(55)15-6-5-10-23-45-37(56)16-8-7-14-35-42-32(29-68-35)48-44(62)49-42/h18-19,28,31-32,35,42H,3-17,20-27,29H2,1-2H3,(H,45,56)(H,46,55)(H,47,57)(H2,48,49,62)/t31?,32-,35?,42-/m0/s1. The second-order valence-electron chi connectivity index (χ2n) is 17.0. The van der Waals surface area contributed by atoms with E-state index < -0.39 is 51.0 Å². The Morgan fingerprint density at radius 2 is 1.49 bits per heavy atom. The minimum atomic E-state index is -1.24. The third-order valence-corrected chi connectivity index (χ3v) is 13.4. The average molecular weight is 975 g/mol. The van der Waals surface area contributed by atoms with Crippen LogP contribution in [0.5, 0.6) is 0 Å². The molecule has 68 heavy (non-hydrogen) atoms. The number of nitrogens with one attached hydrogen (secondary N) is 5. The topological polar surface area (TPSA) is 302 Å². The largest absolute Gasteiger partial charge is 0.366 e. The third kappa shape index (κ3) is 17.5. The van der Waals surface area contributed by atoms with Crippen molar-refractivity contribution in [2.45, 2.75) is 146 Å². The van der Waals surface area contributed by atoms with Crippen LogP contribution in [-0.4, -0.2) is 136 Å². The molecule has 1 aromatic carbocycles. The van der Waals surface area contributed by atoms with Gasteiger partial charge in [-0.05, 0) is 70.8 Å². The lowest BCUT2D eigenvalue weighted by Gasteiger charge is -2.25. The second kappa shape index (κ2) is 28.3. The van der Waals surface area contributed by atoms with Gasteiger partial charge in [0.15, 0.2) is 0 Å². The SMILES string of the molecule is CCCN(CCC(=O)NC(CCCCNC(=O)CCCCCNC(=O)CCCCC1SC[C@@H]2NC(=O)N[C@H]12)C(=O)ON1C(=O)CCC1=O)C(=O)CCCN(CC)c1ccc([N+](=O)[O-])cc1[N+](=O)[O-]. The van der Waals surface area contributed by atoms with Crippen molar-refractivity contribution in [3.05, 3.63) is 38.4 Å². The Balaban J connectivity index is 1.13. The first kappa shape index (κ1) is 54.5. The summed E-state index contributed by atoms with van der Waals surface area (Å²) in [6.45, 7) is 5.37. The summed E-state index contributed by atoms with van der Waals surface area (Å²) in [4.78, 5) is 130. The van der Waals surface area contributed by atoms with E-state index in [0.29, 0.717) is 81.4 Å². The van der Waals surface area contributed by atoms with E-state index in [1.54, 1.807) is 11.8 Å². The molecule has 0 aromatic heterocycles. The van der Waals surface area contributed by atoms with Gasteiger partial charge in [-0.25, -0.2) is 9.59 Å². The van der Waals surface area contributed by atoms with Gasteiger partial charge in [0, 0.05) is 94.9 Å². The molecule has 2 unspecified atom stereocenters. The van der Waals surface area contributed by atoms with Crippen LogP contribution in [0, 0.1) is 20.2 Å². The lowest BCUT2D eigenvalue weighted by Crippen LogP contribution is -2.46. The fraction of sp³-hybridized carbons (Fsp3) is 0.682. The summed E-state index contributed by atoms with van der Waals surface area (Å²) >= 11 is 1.86. The van der Waals surface area contributed by atoms with Crippen molar-refractivity contribution >= 4 is 76.3 Å². The third-order valence-electron chi connectivity index (χ3n) is 11.9. The van der Waals surface area contributed by atoms with Crippen LogP contribution in [0.25, 0.3) is 0 Å². The molecule has 3 heterocycles. The Bertz CT molecular complexity index is 1960. The number of carbonyl (C=O) groups is 8. The normalized spacial score (nSPS) is 17.7. The summed E-state index contributed by atoms with van der Waals surface area (Å²) in [5.41, 5.74) is -0.649. The first-order valence-corrected chi connectivity index (χ1v) is 24.7. The number of amides is 8. The highest BCUT2D eigenvalue weighted by atomic mass is 32.2. The molecule has 3 saturated heterocycles. The number of hydrogen-bond acceptors (Lipinski definition) is 15. The van der Waals surface area contributed by atoms with Crippen LogP contribution in [-0.2, 0) is 38.4 Å². The number of hydrogen-bond donors (Lipinski definition) is 5. The molecule has 0 bridgehead atoms. The molecule has 3 fully saturated rings. The van der Waals surface area contributed by atoms with Gasteiger partial charge in [-0.3, -0.25) is 49.0 Å². The molecular formula is C44H66N10O13S. The number of urea groups is 1. The van der Waals surface area contributed by atoms with E-state index in [4.69, 9.17) is 4.84 Å². The van der Waals surface area contributed by atoms with Gasteiger partial charge in [-0.15, -0.1) is 5.06 Å². The van der Waals surface area contributed by atoms with Gasteiger partial charge in [-0.2, -0.15) is 11.8 Å². The maximum absolute atomic E-state index is 13.3. The summed E-state index contributed by atoms with van der Waals surface area (Å²) in [7, 11) is 0. The zero-order chi connectivity index (χ0) is 49.6. The van der Waals surface area contributed by atoms with Crippen molar-refractivity contribution in [3.8, 4) is 0 Å². The summed E-state index contributed by atoms with van der Waals surface area (Å²) in [5, 5.41) is 38.0. The Morgan fingerprint density at radius 1 is 0.809 bits per heavy atom. The molecule has 23 nitrogen and oxygen atoms in total. The smallest absolute Gasteiger partial charge is 0.355 e.